The highest BCUT2D eigenvalue weighted by atomic mass is 32.1. The second-order valence-electron chi connectivity index (χ2n) is 7.55. The molecule has 140 valence electrons. The van der Waals surface area contributed by atoms with Gasteiger partial charge in [0.2, 0.25) is 0 Å². The van der Waals surface area contributed by atoms with Crippen LogP contribution < -0.4 is 0 Å². The molecule has 0 aliphatic carbocycles. The van der Waals surface area contributed by atoms with Crippen LogP contribution in [0, 0.1) is 0 Å². The smallest absolute Gasteiger partial charge is 0.0970 e. The number of rotatable bonds is 4. The number of hydrogen-bond donors (Lipinski definition) is 0. The van der Waals surface area contributed by atoms with Crippen molar-refractivity contribution in [1.82, 2.24) is 9.88 Å². The van der Waals surface area contributed by atoms with E-state index in [2.05, 4.69) is 89.8 Å². The third-order valence-corrected chi connectivity index (χ3v) is 6.98. The molecule has 0 spiro atoms. The summed E-state index contributed by atoms with van der Waals surface area (Å²) < 4.78 is 1.31. The summed E-state index contributed by atoms with van der Waals surface area (Å²) in [6, 6.07) is 30.7. The molecule has 1 aromatic heterocycles. The Morgan fingerprint density at radius 1 is 0.750 bits per heavy atom. The Morgan fingerprint density at radius 3 is 1.93 bits per heavy atom. The Hall–Kier alpha value is -2.49. The van der Waals surface area contributed by atoms with E-state index in [0.29, 0.717) is 12.0 Å². The lowest BCUT2D eigenvalue weighted by Gasteiger charge is -2.37. The number of thiazole rings is 1. The molecule has 0 bridgehead atoms. The maximum absolute atomic E-state index is 4.92. The molecule has 0 amide bonds. The minimum atomic E-state index is 0.332. The van der Waals surface area contributed by atoms with Crippen LogP contribution in [0.3, 0.4) is 0 Å². The molecule has 4 aromatic rings. The summed E-state index contributed by atoms with van der Waals surface area (Å²) in [4.78, 5) is 7.57. The van der Waals surface area contributed by atoms with Crippen molar-refractivity contribution >= 4 is 21.6 Å². The molecule has 1 saturated heterocycles. The number of nitrogens with zero attached hydrogens (tertiary/aromatic N) is 2. The molecule has 2 heterocycles. The van der Waals surface area contributed by atoms with Crippen molar-refractivity contribution in [2.75, 3.05) is 13.1 Å². The molecule has 0 N–H and O–H groups in total. The summed E-state index contributed by atoms with van der Waals surface area (Å²) in [5.41, 5.74) is 3.91. The lowest BCUT2D eigenvalue weighted by Crippen LogP contribution is -2.36. The predicted molar refractivity (Wildman–Crippen MR) is 118 cm³/mol. The molecule has 0 unspecified atom stereocenters. The van der Waals surface area contributed by atoms with Crippen molar-refractivity contribution in [3.8, 4) is 0 Å². The van der Waals surface area contributed by atoms with Gasteiger partial charge in [-0.2, -0.15) is 0 Å². The van der Waals surface area contributed by atoms with Crippen LogP contribution in [-0.2, 0) is 0 Å². The molecule has 0 atom stereocenters. The SMILES string of the molecule is c1ccc(C(c2ccccc2)N2CCC(c3nc4ccccc4s3)CC2)cc1. The number of fused-ring (bicyclic) bond motifs is 1. The average Bonchev–Trinajstić information content (AvgIpc) is 3.20. The molecular weight excluding hydrogens is 360 g/mol. The number of likely N-dealkylation sites (tertiary alicyclic amines) is 1. The van der Waals surface area contributed by atoms with E-state index in [9.17, 15) is 0 Å². The van der Waals surface area contributed by atoms with Gasteiger partial charge in [0, 0.05) is 5.92 Å². The van der Waals surface area contributed by atoms with Crippen molar-refractivity contribution in [3.05, 3.63) is 101 Å². The van der Waals surface area contributed by atoms with Gasteiger partial charge in [-0.15, -0.1) is 11.3 Å². The standard InChI is InChI=1S/C25H24N2S/c1-3-9-19(10-4-1)24(20-11-5-2-6-12-20)27-17-15-21(16-18-27)25-26-22-13-7-8-14-23(22)28-25/h1-14,21,24H,15-18H2. The average molecular weight is 385 g/mol. The summed E-state index contributed by atoms with van der Waals surface area (Å²) in [6.45, 7) is 2.21. The normalized spacial score (nSPS) is 16.0. The van der Waals surface area contributed by atoms with Gasteiger partial charge in [0.1, 0.15) is 0 Å². The van der Waals surface area contributed by atoms with E-state index in [1.807, 2.05) is 11.3 Å². The van der Waals surface area contributed by atoms with E-state index in [1.54, 1.807) is 0 Å². The molecule has 3 heteroatoms. The maximum atomic E-state index is 4.92. The first-order chi connectivity index (χ1) is 13.9. The molecule has 1 aliphatic heterocycles. The minimum absolute atomic E-state index is 0.332. The third-order valence-electron chi connectivity index (χ3n) is 5.78. The maximum Gasteiger partial charge on any atom is 0.0970 e. The zero-order valence-corrected chi connectivity index (χ0v) is 16.7. The van der Waals surface area contributed by atoms with Crippen molar-refractivity contribution in [3.63, 3.8) is 0 Å². The lowest BCUT2D eigenvalue weighted by atomic mass is 9.91. The van der Waals surface area contributed by atoms with Crippen molar-refractivity contribution < 1.29 is 0 Å². The van der Waals surface area contributed by atoms with E-state index >= 15 is 0 Å². The van der Waals surface area contributed by atoms with Crippen LogP contribution in [0.2, 0.25) is 0 Å². The predicted octanol–water partition coefficient (Wildman–Crippen LogP) is 6.27. The zero-order chi connectivity index (χ0) is 18.8. The fourth-order valence-corrected chi connectivity index (χ4v) is 5.49. The topological polar surface area (TPSA) is 16.1 Å². The van der Waals surface area contributed by atoms with Gasteiger partial charge in [0.15, 0.2) is 0 Å². The van der Waals surface area contributed by atoms with Crippen LogP contribution in [0.5, 0.6) is 0 Å². The summed E-state index contributed by atoms with van der Waals surface area (Å²) in [5, 5.41) is 1.32. The number of benzene rings is 3. The van der Waals surface area contributed by atoms with Crippen LogP contribution in [0.4, 0.5) is 0 Å². The molecule has 1 aliphatic rings. The zero-order valence-electron chi connectivity index (χ0n) is 15.9. The van der Waals surface area contributed by atoms with E-state index in [1.165, 1.54) is 33.7 Å². The van der Waals surface area contributed by atoms with Crippen LogP contribution in [0.1, 0.15) is 40.9 Å². The Kier molecular flexibility index (Phi) is 4.94. The molecule has 3 aromatic carbocycles. The molecular formula is C25H24N2S. The molecule has 0 radical (unpaired) electrons. The Bertz CT molecular complexity index is 961. The summed E-state index contributed by atoms with van der Waals surface area (Å²) >= 11 is 1.88. The molecule has 2 nitrogen and oxygen atoms in total. The molecule has 28 heavy (non-hydrogen) atoms. The van der Waals surface area contributed by atoms with Crippen LogP contribution in [0.25, 0.3) is 10.2 Å². The molecule has 1 fully saturated rings. The van der Waals surface area contributed by atoms with Gasteiger partial charge in [-0.3, -0.25) is 4.90 Å². The van der Waals surface area contributed by atoms with E-state index < -0.39 is 0 Å². The first-order valence-electron chi connectivity index (χ1n) is 10.1. The second-order valence-corrected chi connectivity index (χ2v) is 8.62. The first kappa shape index (κ1) is 17.6. The van der Waals surface area contributed by atoms with Crippen molar-refractivity contribution in [2.45, 2.75) is 24.8 Å². The highest BCUT2D eigenvalue weighted by Crippen LogP contribution is 2.37. The first-order valence-corrected chi connectivity index (χ1v) is 10.9. The molecule has 5 rings (SSSR count). The second kappa shape index (κ2) is 7.86. The van der Waals surface area contributed by atoms with Crippen LogP contribution in [0.15, 0.2) is 84.9 Å². The fraction of sp³-hybridized carbons (Fsp3) is 0.240. The number of aromatic nitrogens is 1. The Morgan fingerprint density at radius 2 is 1.32 bits per heavy atom. The highest BCUT2D eigenvalue weighted by molar-refractivity contribution is 7.18. The fourth-order valence-electron chi connectivity index (χ4n) is 4.35. The van der Waals surface area contributed by atoms with Crippen molar-refractivity contribution in [2.24, 2.45) is 0 Å². The largest absolute Gasteiger partial charge is 0.292 e. The van der Waals surface area contributed by atoms with E-state index in [0.717, 1.165) is 18.6 Å². The van der Waals surface area contributed by atoms with Gasteiger partial charge in [-0.1, -0.05) is 72.8 Å². The lowest BCUT2D eigenvalue weighted by molar-refractivity contribution is 0.174. The van der Waals surface area contributed by atoms with Gasteiger partial charge < -0.3 is 0 Å². The Balaban J connectivity index is 1.37. The number of piperidine rings is 1. The quantitative estimate of drug-likeness (QED) is 0.412. The minimum Gasteiger partial charge on any atom is -0.292 e. The van der Waals surface area contributed by atoms with E-state index in [-0.39, 0.29) is 0 Å². The summed E-state index contributed by atoms with van der Waals surface area (Å²) in [5.74, 6) is 0.584. The molecule has 0 saturated carbocycles. The summed E-state index contributed by atoms with van der Waals surface area (Å²) in [6.07, 6.45) is 2.35. The van der Waals surface area contributed by atoms with E-state index in [4.69, 9.17) is 4.98 Å². The van der Waals surface area contributed by atoms with Crippen molar-refractivity contribution in [1.29, 1.82) is 0 Å². The van der Waals surface area contributed by atoms with Crippen LogP contribution in [-0.4, -0.2) is 23.0 Å². The van der Waals surface area contributed by atoms with Gasteiger partial charge in [0.25, 0.3) is 0 Å². The Labute approximate surface area is 170 Å². The third kappa shape index (κ3) is 3.48. The summed E-state index contributed by atoms with van der Waals surface area (Å²) in [7, 11) is 0. The van der Waals surface area contributed by atoms with Gasteiger partial charge in [-0.25, -0.2) is 4.98 Å². The van der Waals surface area contributed by atoms with Crippen LogP contribution >= 0.6 is 11.3 Å². The van der Waals surface area contributed by atoms with Gasteiger partial charge in [-0.05, 0) is 49.2 Å². The monoisotopic (exact) mass is 384 g/mol. The number of hydrogen-bond acceptors (Lipinski definition) is 3. The number of para-hydroxylation sites is 1. The highest BCUT2D eigenvalue weighted by Gasteiger charge is 2.29. The van der Waals surface area contributed by atoms with Gasteiger partial charge >= 0.3 is 0 Å². The van der Waals surface area contributed by atoms with Gasteiger partial charge in [0.05, 0.1) is 21.3 Å².